The molecule has 1 aliphatic rings. The minimum atomic E-state index is -0.835. The monoisotopic (exact) mass is 505 g/mol. The number of rotatable bonds is 11. The van der Waals surface area contributed by atoms with Gasteiger partial charge in [0, 0.05) is 26.5 Å². The lowest BCUT2D eigenvalue weighted by Gasteiger charge is -2.26. The topological polar surface area (TPSA) is 103 Å². The Balaban J connectivity index is 1.90. The lowest BCUT2D eigenvalue weighted by atomic mass is 9.95. The Bertz CT molecular complexity index is 1360. The van der Waals surface area contributed by atoms with E-state index in [0.717, 1.165) is 0 Å². The van der Waals surface area contributed by atoms with Gasteiger partial charge in [-0.25, -0.2) is 4.98 Å². The zero-order valence-corrected chi connectivity index (χ0v) is 21.3. The van der Waals surface area contributed by atoms with Crippen molar-refractivity contribution in [1.82, 2.24) is 14.3 Å². The number of pyridine rings is 1. The number of aliphatic hydroxyl groups excluding tert-OH is 1. The molecule has 0 saturated carbocycles. The predicted octanol–water partition coefficient (Wildman–Crippen LogP) is 4.06. The molecule has 37 heavy (non-hydrogen) atoms. The molecule has 2 aromatic heterocycles. The van der Waals surface area contributed by atoms with E-state index in [1.54, 1.807) is 55.0 Å². The molecular weight excluding hydrogens is 474 g/mol. The Labute approximate surface area is 215 Å². The highest BCUT2D eigenvalue weighted by atomic mass is 16.5. The number of fused-ring (bicyclic) bond motifs is 1. The molecular formula is C28H31N3O6. The Kier molecular flexibility index (Phi) is 7.93. The molecule has 1 amide bonds. The lowest BCUT2D eigenvalue weighted by molar-refractivity contribution is -0.140. The third kappa shape index (κ3) is 4.95. The van der Waals surface area contributed by atoms with Crippen LogP contribution in [0.3, 0.4) is 0 Å². The van der Waals surface area contributed by atoms with Crippen LogP contribution in [0.25, 0.3) is 11.4 Å². The second-order valence-electron chi connectivity index (χ2n) is 8.55. The van der Waals surface area contributed by atoms with Crippen molar-refractivity contribution in [3.63, 3.8) is 0 Å². The van der Waals surface area contributed by atoms with Crippen molar-refractivity contribution in [1.29, 1.82) is 0 Å². The van der Waals surface area contributed by atoms with E-state index >= 15 is 0 Å². The summed E-state index contributed by atoms with van der Waals surface area (Å²) in [7, 11) is 1.58. The van der Waals surface area contributed by atoms with Gasteiger partial charge in [0.15, 0.2) is 17.3 Å². The van der Waals surface area contributed by atoms with Gasteiger partial charge in [0.1, 0.15) is 17.9 Å². The standard InChI is InChI=1S/C28H31N3O6/c1-5-15-37-20-12-11-19(17-21(20)36-6-2)25-23(27(33)28(34)31(25)14-9-16-35-4)26(32)24-18(3)29-22-10-7-8-13-30(22)24/h5,7-8,10-13,17,25,32H,1,6,9,14-16H2,2-4H3/b26-23+. The zero-order valence-electron chi connectivity index (χ0n) is 21.3. The Morgan fingerprint density at radius 3 is 2.73 bits per heavy atom. The number of methoxy groups -OCH3 is 1. The number of aryl methyl sites for hydroxylation is 1. The third-order valence-electron chi connectivity index (χ3n) is 6.16. The molecule has 1 aromatic carbocycles. The van der Waals surface area contributed by atoms with Crippen molar-refractivity contribution in [3.8, 4) is 11.5 Å². The fraction of sp³-hybridized carbons (Fsp3) is 0.321. The number of ether oxygens (including phenoxy) is 3. The first-order valence-corrected chi connectivity index (χ1v) is 12.1. The molecule has 0 spiro atoms. The Morgan fingerprint density at radius 1 is 1.19 bits per heavy atom. The van der Waals surface area contributed by atoms with Crippen molar-refractivity contribution in [3.05, 3.63) is 77.8 Å². The van der Waals surface area contributed by atoms with Gasteiger partial charge in [-0.2, -0.15) is 0 Å². The van der Waals surface area contributed by atoms with Gasteiger partial charge in [-0.3, -0.25) is 14.0 Å². The van der Waals surface area contributed by atoms with E-state index < -0.39 is 17.7 Å². The second kappa shape index (κ2) is 11.3. The van der Waals surface area contributed by atoms with Crippen molar-refractivity contribution in [2.75, 3.05) is 33.5 Å². The summed E-state index contributed by atoms with van der Waals surface area (Å²) in [5.41, 5.74) is 2.13. The average Bonchev–Trinajstić information content (AvgIpc) is 3.36. The van der Waals surface area contributed by atoms with E-state index in [2.05, 4.69) is 11.6 Å². The molecule has 4 rings (SSSR count). The Hall–Kier alpha value is -4.11. The molecule has 1 N–H and O–H groups in total. The van der Waals surface area contributed by atoms with Crippen LogP contribution in [0.1, 0.15) is 36.3 Å². The van der Waals surface area contributed by atoms with Crippen LogP contribution >= 0.6 is 0 Å². The summed E-state index contributed by atoms with van der Waals surface area (Å²) in [4.78, 5) is 32.6. The number of aromatic nitrogens is 2. The molecule has 0 bridgehead atoms. The molecule has 3 heterocycles. The lowest BCUT2D eigenvalue weighted by Crippen LogP contribution is -2.31. The summed E-state index contributed by atoms with van der Waals surface area (Å²) in [6.45, 7) is 8.66. The number of hydrogen-bond acceptors (Lipinski definition) is 7. The predicted molar refractivity (Wildman–Crippen MR) is 139 cm³/mol. The number of carbonyl (C=O) groups is 2. The zero-order chi connectivity index (χ0) is 26.5. The maximum Gasteiger partial charge on any atom is 0.295 e. The van der Waals surface area contributed by atoms with Crippen molar-refractivity contribution in [2.45, 2.75) is 26.3 Å². The number of hydrogen-bond donors (Lipinski definition) is 1. The molecule has 3 aromatic rings. The van der Waals surface area contributed by atoms with Gasteiger partial charge in [-0.1, -0.05) is 24.8 Å². The van der Waals surface area contributed by atoms with E-state index in [9.17, 15) is 14.7 Å². The van der Waals surface area contributed by atoms with Gasteiger partial charge in [0.25, 0.3) is 11.7 Å². The molecule has 1 aliphatic heterocycles. The van der Waals surface area contributed by atoms with Crippen LogP contribution in [0.15, 0.2) is 60.8 Å². The number of amides is 1. The number of imidazole rings is 1. The molecule has 1 atom stereocenters. The number of Topliss-reactive ketones (excluding diaryl/α,β-unsaturated/α-hetero) is 1. The van der Waals surface area contributed by atoms with Gasteiger partial charge in [-0.15, -0.1) is 0 Å². The van der Waals surface area contributed by atoms with Gasteiger partial charge >= 0.3 is 0 Å². The molecule has 0 aliphatic carbocycles. The van der Waals surface area contributed by atoms with Gasteiger partial charge in [-0.05, 0) is 50.1 Å². The number of carbonyl (C=O) groups excluding carboxylic acids is 2. The first-order chi connectivity index (χ1) is 17.9. The summed E-state index contributed by atoms with van der Waals surface area (Å²) in [6, 6.07) is 9.87. The third-order valence-corrected chi connectivity index (χ3v) is 6.16. The van der Waals surface area contributed by atoms with E-state index in [4.69, 9.17) is 14.2 Å². The maximum atomic E-state index is 13.4. The van der Waals surface area contributed by atoms with Crippen molar-refractivity contribution in [2.24, 2.45) is 0 Å². The number of nitrogens with zero attached hydrogens (tertiary/aromatic N) is 3. The van der Waals surface area contributed by atoms with Crippen LogP contribution in [0.5, 0.6) is 11.5 Å². The summed E-state index contributed by atoms with van der Waals surface area (Å²) < 4.78 is 18.4. The first-order valence-electron chi connectivity index (χ1n) is 12.1. The summed E-state index contributed by atoms with van der Waals surface area (Å²) >= 11 is 0. The molecule has 194 valence electrons. The molecule has 9 heteroatoms. The van der Waals surface area contributed by atoms with Crippen molar-refractivity contribution >= 4 is 23.1 Å². The van der Waals surface area contributed by atoms with Gasteiger partial charge in [0.2, 0.25) is 0 Å². The fourth-order valence-electron chi connectivity index (χ4n) is 4.59. The molecule has 1 unspecified atom stereocenters. The molecule has 1 fully saturated rings. The average molecular weight is 506 g/mol. The highest BCUT2D eigenvalue weighted by Gasteiger charge is 2.46. The summed E-state index contributed by atoms with van der Waals surface area (Å²) in [6.07, 6.45) is 3.91. The molecule has 0 radical (unpaired) electrons. The quantitative estimate of drug-likeness (QED) is 0.138. The number of aliphatic hydroxyl groups is 1. The largest absolute Gasteiger partial charge is 0.505 e. The maximum absolute atomic E-state index is 13.4. The smallest absolute Gasteiger partial charge is 0.295 e. The normalized spacial score (nSPS) is 16.9. The highest BCUT2D eigenvalue weighted by Crippen LogP contribution is 2.42. The van der Waals surface area contributed by atoms with Crippen LogP contribution in [0, 0.1) is 6.92 Å². The van der Waals surface area contributed by atoms with Crippen LogP contribution in [0.4, 0.5) is 0 Å². The van der Waals surface area contributed by atoms with Crippen LogP contribution in [0.2, 0.25) is 0 Å². The van der Waals surface area contributed by atoms with Crippen LogP contribution in [-0.2, 0) is 14.3 Å². The van der Waals surface area contributed by atoms with Gasteiger partial charge < -0.3 is 24.2 Å². The number of ketones is 1. The molecule has 9 nitrogen and oxygen atoms in total. The summed E-state index contributed by atoms with van der Waals surface area (Å²) in [5, 5.41) is 11.6. The van der Waals surface area contributed by atoms with E-state index in [1.807, 2.05) is 19.1 Å². The Morgan fingerprint density at radius 2 is 2.00 bits per heavy atom. The minimum absolute atomic E-state index is 0.00150. The SMILES string of the molecule is C=CCOc1ccc(C2/C(=C(\O)c3c(C)nc4ccccn34)C(=O)C(=O)N2CCCOC)cc1OCC. The first kappa shape index (κ1) is 26.0. The van der Waals surface area contributed by atoms with E-state index in [0.29, 0.717) is 60.3 Å². The summed E-state index contributed by atoms with van der Waals surface area (Å²) in [5.74, 6) is -0.734. The highest BCUT2D eigenvalue weighted by molar-refractivity contribution is 6.46. The number of benzene rings is 1. The van der Waals surface area contributed by atoms with E-state index in [-0.39, 0.29) is 17.9 Å². The van der Waals surface area contributed by atoms with Crippen LogP contribution < -0.4 is 9.47 Å². The molecule has 1 saturated heterocycles. The van der Waals surface area contributed by atoms with E-state index in [1.165, 1.54) is 4.90 Å². The number of likely N-dealkylation sites (tertiary alicyclic amines) is 1. The minimum Gasteiger partial charge on any atom is -0.505 e. The fourth-order valence-corrected chi connectivity index (χ4v) is 4.59. The second-order valence-corrected chi connectivity index (χ2v) is 8.55. The van der Waals surface area contributed by atoms with Crippen molar-refractivity contribution < 1.29 is 28.9 Å². The van der Waals surface area contributed by atoms with Gasteiger partial charge in [0.05, 0.1) is 23.9 Å². The van der Waals surface area contributed by atoms with Crippen LogP contribution in [-0.4, -0.2) is 64.6 Å².